The first-order chi connectivity index (χ1) is 16.0. The Hall–Kier alpha value is -4.20. The highest BCUT2D eigenvalue weighted by atomic mass is 16.5. The maximum Gasteiger partial charge on any atom is 0.412 e. The van der Waals surface area contributed by atoms with Gasteiger partial charge in [0.15, 0.2) is 0 Å². The minimum atomic E-state index is -0.583. The highest BCUT2D eigenvalue weighted by Gasteiger charge is 2.24. The number of carbonyl (C=O) groups excluding carboxylic acids is 2. The van der Waals surface area contributed by atoms with E-state index in [1.165, 1.54) is 25.5 Å². The van der Waals surface area contributed by atoms with Gasteiger partial charge in [-0.25, -0.2) is 14.8 Å². The second-order valence-electron chi connectivity index (χ2n) is 8.07. The van der Waals surface area contributed by atoms with E-state index in [9.17, 15) is 9.59 Å². The molecule has 0 bridgehead atoms. The van der Waals surface area contributed by atoms with E-state index in [0.717, 1.165) is 22.6 Å². The lowest BCUT2D eigenvalue weighted by Gasteiger charge is -2.18. The molecule has 0 aliphatic heterocycles. The second-order valence-corrected chi connectivity index (χ2v) is 8.07. The van der Waals surface area contributed by atoms with E-state index >= 15 is 0 Å². The lowest BCUT2D eigenvalue weighted by molar-refractivity contribution is 0.0992. The Bertz CT molecular complexity index is 1340. The SMILES string of the molecule is COC(=O)Nc1ccc(-c2cnc3ccc(C(=O)N(C)c4cccc(C5CC5)c4)cn23)cn1. The summed E-state index contributed by atoms with van der Waals surface area (Å²) in [7, 11) is 3.09. The molecule has 5 rings (SSSR count). The number of pyridine rings is 2. The summed E-state index contributed by atoms with van der Waals surface area (Å²) in [6.45, 7) is 0. The average molecular weight is 441 g/mol. The number of fused-ring (bicyclic) bond motifs is 1. The number of nitrogens with one attached hydrogen (secondary N) is 1. The number of hydrogen-bond donors (Lipinski definition) is 1. The maximum absolute atomic E-state index is 13.3. The Labute approximate surface area is 190 Å². The summed E-state index contributed by atoms with van der Waals surface area (Å²) in [5.41, 5.74) is 5.03. The van der Waals surface area contributed by atoms with Crippen LogP contribution < -0.4 is 10.2 Å². The third-order valence-corrected chi connectivity index (χ3v) is 5.84. The molecular weight excluding hydrogens is 418 g/mol. The van der Waals surface area contributed by atoms with E-state index < -0.39 is 6.09 Å². The molecule has 3 aromatic heterocycles. The van der Waals surface area contributed by atoms with Crippen molar-refractivity contribution >= 4 is 29.2 Å². The number of imidazole rings is 1. The molecule has 0 spiro atoms. The van der Waals surface area contributed by atoms with Gasteiger partial charge >= 0.3 is 6.09 Å². The van der Waals surface area contributed by atoms with E-state index in [1.807, 2.05) is 28.7 Å². The van der Waals surface area contributed by atoms with Gasteiger partial charge in [0.05, 0.1) is 24.6 Å². The fraction of sp³-hybridized carbons (Fsp3) is 0.200. The van der Waals surface area contributed by atoms with Gasteiger partial charge in [-0.1, -0.05) is 12.1 Å². The van der Waals surface area contributed by atoms with Crippen LogP contribution in [0.1, 0.15) is 34.7 Å². The lowest BCUT2D eigenvalue weighted by atomic mass is 10.1. The summed E-state index contributed by atoms with van der Waals surface area (Å²) in [4.78, 5) is 35.0. The van der Waals surface area contributed by atoms with Crippen molar-refractivity contribution in [3.8, 4) is 11.3 Å². The van der Waals surface area contributed by atoms with E-state index in [1.54, 1.807) is 42.7 Å². The van der Waals surface area contributed by atoms with Gasteiger partial charge in [0.25, 0.3) is 5.91 Å². The predicted molar refractivity (Wildman–Crippen MR) is 126 cm³/mol. The van der Waals surface area contributed by atoms with Gasteiger partial charge < -0.3 is 9.64 Å². The molecular formula is C25H23N5O3. The number of hydrogen-bond acceptors (Lipinski definition) is 5. The van der Waals surface area contributed by atoms with Crippen molar-refractivity contribution in [2.45, 2.75) is 18.8 Å². The highest BCUT2D eigenvalue weighted by molar-refractivity contribution is 6.05. The summed E-state index contributed by atoms with van der Waals surface area (Å²) < 4.78 is 6.45. The van der Waals surface area contributed by atoms with Crippen LogP contribution in [0, 0.1) is 0 Å². The van der Waals surface area contributed by atoms with Crippen molar-refractivity contribution in [1.29, 1.82) is 0 Å². The maximum atomic E-state index is 13.3. The molecule has 1 N–H and O–H groups in total. The van der Waals surface area contributed by atoms with Gasteiger partial charge in [-0.2, -0.15) is 0 Å². The Kier molecular flexibility index (Phi) is 5.26. The first-order valence-electron chi connectivity index (χ1n) is 10.7. The fourth-order valence-electron chi connectivity index (χ4n) is 3.81. The summed E-state index contributed by atoms with van der Waals surface area (Å²) in [5.74, 6) is 0.909. The van der Waals surface area contributed by atoms with Crippen molar-refractivity contribution in [3.63, 3.8) is 0 Å². The first-order valence-corrected chi connectivity index (χ1v) is 10.7. The molecule has 3 heterocycles. The second kappa shape index (κ2) is 8.38. The van der Waals surface area contributed by atoms with Crippen molar-refractivity contribution in [3.05, 3.63) is 78.2 Å². The van der Waals surface area contributed by atoms with Crippen LogP contribution in [0.5, 0.6) is 0 Å². The number of amides is 2. The highest BCUT2D eigenvalue weighted by Crippen LogP contribution is 2.41. The lowest BCUT2D eigenvalue weighted by Crippen LogP contribution is -2.26. The summed E-state index contributed by atoms with van der Waals surface area (Å²) >= 11 is 0. The van der Waals surface area contributed by atoms with Crippen LogP contribution in [0.15, 0.2) is 67.1 Å². The Morgan fingerprint density at radius 3 is 2.67 bits per heavy atom. The summed E-state index contributed by atoms with van der Waals surface area (Å²) in [6.07, 6.45) is 7.02. The zero-order valence-corrected chi connectivity index (χ0v) is 18.4. The van der Waals surface area contributed by atoms with E-state index in [2.05, 4.69) is 32.2 Å². The molecule has 1 saturated carbocycles. The molecule has 0 radical (unpaired) electrons. The van der Waals surface area contributed by atoms with Crippen LogP contribution in [0.25, 0.3) is 16.9 Å². The molecule has 2 amide bonds. The molecule has 0 unspecified atom stereocenters. The van der Waals surface area contributed by atoms with Gasteiger partial charge in [0.2, 0.25) is 0 Å². The van der Waals surface area contributed by atoms with Gasteiger partial charge in [-0.05, 0) is 60.7 Å². The minimum Gasteiger partial charge on any atom is -0.453 e. The number of ether oxygens (including phenoxy) is 1. The number of benzene rings is 1. The molecule has 8 heteroatoms. The van der Waals surface area contributed by atoms with E-state index in [0.29, 0.717) is 17.3 Å². The normalized spacial score (nSPS) is 13.0. The van der Waals surface area contributed by atoms with Crippen LogP contribution in [0.4, 0.5) is 16.3 Å². The average Bonchev–Trinajstić information content (AvgIpc) is 3.63. The van der Waals surface area contributed by atoms with Gasteiger partial charge in [-0.3, -0.25) is 14.5 Å². The van der Waals surface area contributed by atoms with Crippen LogP contribution in [0.2, 0.25) is 0 Å². The Morgan fingerprint density at radius 1 is 1.09 bits per heavy atom. The molecule has 1 fully saturated rings. The third kappa shape index (κ3) is 4.15. The molecule has 8 nitrogen and oxygen atoms in total. The van der Waals surface area contributed by atoms with Gasteiger partial charge in [-0.15, -0.1) is 0 Å². The standard InChI is InChI=1S/C25H23N5O3/c1-29(20-5-3-4-17(12-20)16-6-7-16)24(31)19-9-11-23-27-14-21(30(23)15-19)18-8-10-22(26-13-18)28-25(32)33-2/h3-5,8-16H,6-7H2,1-2H3,(H,26,28,32). The quantitative estimate of drug-likeness (QED) is 0.484. The molecule has 1 aliphatic rings. The Balaban J connectivity index is 1.42. The van der Waals surface area contributed by atoms with Crippen LogP contribution in [-0.2, 0) is 4.74 Å². The van der Waals surface area contributed by atoms with Crippen molar-refractivity contribution in [1.82, 2.24) is 14.4 Å². The number of anilines is 2. The zero-order valence-electron chi connectivity index (χ0n) is 18.4. The summed E-state index contributed by atoms with van der Waals surface area (Å²) in [5, 5.41) is 2.52. The number of rotatable bonds is 5. The third-order valence-electron chi connectivity index (χ3n) is 5.84. The van der Waals surface area contributed by atoms with Crippen molar-refractivity contribution < 1.29 is 14.3 Å². The van der Waals surface area contributed by atoms with Gasteiger partial charge in [0, 0.05) is 30.7 Å². The topological polar surface area (TPSA) is 88.8 Å². The zero-order chi connectivity index (χ0) is 22.9. The monoisotopic (exact) mass is 441 g/mol. The van der Waals surface area contributed by atoms with E-state index in [4.69, 9.17) is 0 Å². The van der Waals surface area contributed by atoms with Crippen molar-refractivity contribution in [2.24, 2.45) is 0 Å². The fourth-order valence-corrected chi connectivity index (χ4v) is 3.81. The molecule has 0 atom stereocenters. The number of nitrogens with zero attached hydrogens (tertiary/aromatic N) is 4. The molecule has 33 heavy (non-hydrogen) atoms. The number of aromatic nitrogens is 3. The Morgan fingerprint density at radius 2 is 1.94 bits per heavy atom. The molecule has 1 aromatic carbocycles. The van der Waals surface area contributed by atoms with Crippen molar-refractivity contribution in [2.75, 3.05) is 24.4 Å². The summed E-state index contributed by atoms with van der Waals surface area (Å²) in [6, 6.07) is 15.3. The minimum absolute atomic E-state index is 0.0970. The van der Waals surface area contributed by atoms with Crippen LogP contribution in [0.3, 0.4) is 0 Å². The smallest absolute Gasteiger partial charge is 0.412 e. The molecule has 1 aliphatic carbocycles. The first kappa shape index (κ1) is 20.7. The van der Waals surface area contributed by atoms with Gasteiger partial charge in [0.1, 0.15) is 11.5 Å². The predicted octanol–water partition coefficient (Wildman–Crippen LogP) is 4.73. The van der Waals surface area contributed by atoms with E-state index in [-0.39, 0.29) is 5.91 Å². The number of carbonyl (C=O) groups is 2. The van der Waals surface area contributed by atoms with Crippen LogP contribution in [-0.4, -0.2) is 40.5 Å². The molecule has 166 valence electrons. The van der Waals surface area contributed by atoms with Crippen LogP contribution >= 0.6 is 0 Å². The number of methoxy groups -OCH3 is 1. The largest absolute Gasteiger partial charge is 0.453 e. The molecule has 0 saturated heterocycles. The molecule has 4 aromatic rings.